The van der Waals surface area contributed by atoms with E-state index in [1.54, 1.807) is 0 Å². The average molecular weight is 331 g/mol. The van der Waals surface area contributed by atoms with Gasteiger partial charge in [0.1, 0.15) is 5.60 Å². The Labute approximate surface area is 147 Å². The number of hydrogen-bond acceptors (Lipinski definition) is 2. The van der Waals surface area contributed by atoms with Gasteiger partial charge in [-0.2, -0.15) is 0 Å². The van der Waals surface area contributed by atoms with Crippen molar-refractivity contribution in [3.05, 3.63) is 0 Å². The first-order chi connectivity index (χ1) is 11.6. The molecule has 6 rings (SSSR count). The van der Waals surface area contributed by atoms with Gasteiger partial charge in [0.25, 0.3) is 0 Å². The van der Waals surface area contributed by atoms with Crippen LogP contribution in [0.4, 0.5) is 0 Å². The molecule has 0 aromatic rings. The van der Waals surface area contributed by atoms with Crippen molar-refractivity contribution in [2.24, 2.45) is 35.0 Å². The van der Waals surface area contributed by atoms with Gasteiger partial charge < -0.3 is 4.74 Å². The number of carbonyl (C=O) groups excluding carboxylic acids is 1. The van der Waals surface area contributed by atoms with Crippen molar-refractivity contribution in [3.8, 4) is 0 Å². The summed E-state index contributed by atoms with van der Waals surface area (Å²) in [5, 5.41) is 0. The summed E-state index contributed by atoms with van der Waals surface area (Å²) in [4.78, 5) is 13.5. The second kappa shape index (κ2) is 5.48. The lowest BCUT2D eigenvalue weighted by Gasteiger charge is -2.56. The Morgan fingerprint density at radius 1 is 0.917 bits per heavy atom. The van der Waals surface area contributed by atoms with E-state index < -0.39 is 0 Å². The second-order valence-corrected chi connectivity index (χ2v) is 10.3. The molecule has 0 radical (unpaired) electrons. The predicted molar refractivity (Wildman–Crippen MR) is 94.4 cm³/mol. The van der Waals surface area contributed by atoms with Gasteiger partial charge >= 0.3 is 5.97 Å². The molecule has 6 bridgehead atoms. The van der Waals surface area contributed by atoms with E-state index >= 15 is 0 Å². The summed E-state index contributed by atoms with van der Waals surface area (Å²) in [6, 6.07) is 0. The lowest BCUT2D eigenvalue weighted by Crippen LogP contribution is -2.53. The second-order valence-electron chi connectivity index (χ2n) is 10.3. The van der Waals surface area contributed by atoms with Crippen LogP contribution in [0.5, 0.6) is 0 Å². The molecule has 3 atom stereocenters. The van der Waals surface area contributed by atoms with Crippen molar-refractivity contribution in [1.82, 2.24) is 0 Å². The molecule has 6 aliphatic rings. The molecule has 24 heavy (non-hydrogen) atoms. The minimum Gasteiger partial charge on any atom is -0.458 e. The van der Waals surface area contributed by atoms with Gasteiger partial charge in [-0.05, 0) is 107 Å². The largest absolute Gasteiger partial charge is 0.458 e. The van der Waals surface area contributed by atoms with Crippen LogP contribution in [0.15, 0.2) is 0 Å². The van der Waals surface area contributed by atoms with Crippen molar-refractivity contribution >= 4 is 5.97 Å². The van der Waals surface area contributed by atoms with Crippen molar-refractivity contribution < 1.29 is 9.53 Å². The van der Waals surface area contributed by atoms with E-state index in [9.17, 15) is 4.79 Å². The highest BCUT2D eigenvalue weighted by Gasteiger charge is 2.59. The Bertz CT molecular complexity index is 489. The van der Waals surface area contributed by atoms with Crippen LogP contribution in [-0.2, 0) is 9.53 Å². The average Bonchev–Trinajstić information content (AvgIpc) is 3.13. The van der Waals surface area contributed by atoms with Crippen LogP contribution in [-0.4, -0.2) is 11.6 Å². The Hall–Kier alpha value is -0.530. The number of fused-ring (bicyclic) bond motifs is 2. The molecule has 0 amide bonds. The quantitative estimate of drug-likeness (QED) is 0.623. The van der Waals surface area contributed by atoms with E-state index in [1.807, 2.05) is 0 Å². The highest BCUT2D eigenvalue weighted by Crippen LogP contribution is 2.62. The van der Waals surface area contributed by atoms with Crippen LogP contribution in [0.25, 0.3) is 0 Å². The van der Waals surface area contributed by atoms with Gasteiger partial charge in [-0.3, -0.25) is 4.79 Å². The smallest absolute Gasteiger partial charge is 0.312 e. The zero-order chi connectivity index (χ0) is 16.4. The van der Waals surface area contributed by atoms with Gasteiger partial charge in [0.05, 0.1) is 5.41 Å². The van der Waals surface area contributed by atoms with Crippen LogP contribution < -0.4 is 0 Å². The van der Waals surface area contributed by atoms with Gasteiger partial charge in [0, 0.05) is 0 Å². The molecule has 134 valence electrons. The molecule has 0 N–H and O–H groups in total. The first-order valence-corrected chi connectivity index (χ1v) is 10.8. The van der Waals surface area contributed by atoms with Crippen molar-refractivity contribution in [1.29, 1.82) is 0 Å². The molecule has 0 saturated heterocycles. The molecule has 2 heteroatoms. The molecular formula is C22H34O2. The zero-order valence-electron chi connectivity index (χ0n) is 15.4. The molecule has 6 aliphatic carbocycles. The van der Waals surface area contributed by atoms with Crippen LogP contribution in [0, 0.1) is 35.0 Å². The summed E-state index contributed by atoms with van der Waals surface area (Å²) in [6.07, 6.45) is 16.4. The van der Waals surface area contributed by atoms with Gasteiger partial charge in [-0.1, -0.05) is 13.3 Å². The van der Waals surface area contributed by atoms with Crippen LogP contribution in [0.3, 0.4) is 0 Å². The van der Waals surface area contributed by atoms with Crippen molar-refractivity contribution in [2.75, 3.05) is 0 Å². The highest BCUT2D eigenvalue weighted by atomic mass is 16.6. The van der Waals surface area contributed by atoms with Crippen LogP contribution in [0.1, 0.15) is 90.4 Å². The van der Waals surface area contributed by atoms with Crippen LogP contribution >= 0.6 is 0 Å². The summed E-state index contributed by atoms with van der Waals surface area (Å²) in [5.41, 5.74) is -0.144. The summed E-state index contributed by atoms with van der Waals surface area (Å²) >= 11 is 0. The topological polar surface area (TPSA) is 26.3 Å². The highest BCUT2D eigenvalue weighted by molar-refractivity contribution is 5.78. The van der Waals surface area contributed by atoms with Crippen molar-refractivity contribution in [3.63, 3.8) is 0 Å². The molecule has 6 fully saturated rings. The van der Waals surface area contributed by atoms with E-state index in [0.29, 0.717) is 5.92 Å². The fraction of sp³-hybridized carbons (Fsp3) is 0.955. The maximum Gasteiger partial charge on any atom is 0.312 e. The number of unbranched alkanes of at least 4 members (excludes halogenated alkanes) is 1. The Balaban J connectivity index is 1.37. The van der Waals surface area contributed by atoms with Gasteiger partial charge in [-0.15, -0.1) is 0 Å². The number of rotatable bonds is 5. The van der Waals surface area contributed by atoms with E-state index in [-0.39, 0.29) is 17.0 Å². The molecule has 3 unspecified atom stereocenters. The third-order valence-corrected chi connectivity index (χ3v) is 8.64. The number of hydrogen-bond donors (Lipinski definition) is 0. The third kappa shape index (κ3) is 2.31. The standard InChI is InChI=1S/C22H34O2/c1-2-3-6-22(14-15-4-5-19(22)10-15)24-20(23)21-11-16-7-17(12-21)9-18(8-16)13-21/h15-19H,2-14H2,1H3. The van der Waals surface area contributed by atoms with Gasteiger partial charge in [0.15, 0.2) is 0 Å². The predicted octanol–water partition coefficient (Wildman–Crippen LogP) is 5.50. The van der Waals surface area contributed by atoms with Crippen LogP contribution in [0.2, 0.25) is 0 Å². The van der Waals surface area contributed by atoms with E-state index in [4.69, 9.17) is 4.74 Å². The molecule has 0 spiro atoms. The lowest BCUT2D eigenvalue weighted by atomic mass is 9.49. The number of ether oxygens (including phenoxy) is 1. The van der Waals surface area contributed by atoms with E-state index in [0.717, 1.165) is 49.4 Å². The normalized spacial score (nSPS) is 51.3. The molecule has 6 saturated carbocycles. The molecule has 0 aromatic heterocycles. The van der Waals surface area contributed by atoms with E-state index in [2.05, 4.69) is 6.92 Å². The van der Waals surface area contributed by atoms with Gasteiger partial charge in [-0.25, -0.2) is 0 Å². The summed E-state index contributed by atoms with van der Waals surface area (Å²) < 4.78 is 6.58. The van der Waals surface area contributed by atoms with Gasteiger partial charge in [0.2, 0.25) is 0 Å². The monoisotopic (exact) mass is 330 g/mol. The molecule has 0 aliphatic heterocycles. The first-order valence-electron chi connectivity index (χ1n) is 10.8. The Morgan fingerprint density at radius 3 is 2.08 bits per heavy atom. The number of esters is 1. The Kier molecular flexibility index (Phi) is 3.59. The molecule has 0 heterocycles. The Morgan fingerprint density at radius 2 is 1.58 bits per heavy atom. The maximum absolute atomic E-state index is 13.5. The third-order valence-electron chi connectivity index (χ3n) is 8.64. The SMILES string of the molecule is CCCCC1(OC(=O)C23CC4CC(CC(C4)C2)C3)CC2CCC1C2. The minimum atomic E-state index is -0.0736. The maximum atomic E-state index is 13.5. The minimum absolute atomic E-state index is 0.0701. The fourth-order valence-corrected chi connectivity index (χ4v) is 8.01. The zero-order valence-corrected chi connectivity index (χ0v) is 15.4. The van der Waals surface area contributed by atoms with Crippen molar-refractivity contribution in [2.45, 2.75) is 96.0 Å². The molecule has 0 aromatic carbocycles. The number of carbonyl (C=O) groups is 1. The molecular weight excluding hydrogens is 296 g/mol. The first kappa shape index (κ1) is 15.7. The molecule has 2 nitrogen and oxygen atoms in total. The van der Waals surface area contributed by atoms with E-state index in [1.165, 1.54) is 57.8 Å². The summed E-state index contributed by atoms with van der Waals surface area (Å²) in [6.45, 7) is 2.27. The summed E-state index contributed by atoms with van der Waals surface area (Å²) in [7, 11) is 0. The lowest BCUT2D eigenvalue weighted by molar-refractivity contribution is -0.193. The fourth-order valence-electron chi connectivity index (χ4n) is 8.01. The summed E-state index contributed by atoms with van der Waals surface area (Å²) in [5.74, 6) is 4.24.